The third-order valence-electron chi connectivity index (χ3n) is 2.60. The highest BCUT2D eigenvalue weighted by atomic mass is 32.1. The second kappa shape index (κ2) is 4.70. The summed E-state index contributed by atoms with van der Waals surface area (Å²) in [7, 11) is 0. The minimum Gasteiger partial charge on any atom is -0.391 e. The molecule has 0 fully saturated rings. The van der Waals surface area contributed by atoms with Crippen molar-refractivity contribution in [2.24, 2.45) is 0 Å². The van der Waals surface area contributed by atoms with Gasteiger partial charge in [0.15, 0.2) is 0 Å². The van der Waals surface area contributed by atoms with Crippen LogP contribution in [0, 0.1) is 6.92 Å². The maximum absolute atomic E-state index is 5.76. The average Bonchev–Trinajstić information content (AvgIpc) is 2.85. The number of nitrogens with two attached hydrogens (primary N) is 1. The van der Waals surface area contributed by atoms with Crippen LogP contribution in [0.15, 0.2) is 10.6 Å². The summed E-state index contributed by atoms with van der Waals surface area (Å²) in [6, 6.07) is 1.90. The predicted molar refractivity (Wildman–Crippen MR) is 71.4 cm³/mol. The van der Waals surface area contributed by atoms with E-state index < -0.39 is 5.60 Å². The number of hydrogen-bond acceptors (Lipinski definition) is 6. The van der Waals surface area contributed by atoms with Gasteiger partial charge in [-0.05, 0) is 39.3 Å². The van der Waals surface area contributed by atoms with Gasteiger partial charge >= 0.3 is 0 Å². The van der Waals surface area contributed by atoms with Gasteiger partial charge in [0.2, 0.25) is 5.82 Å². The van der Waals surface area contributed by atoms with Crippen LogP contribution in [0.5, 0.6) is 0 Å². The summed E-state index contributed by atoms with van der Waals surface area (Å²) in [6.07, 6.45) is 0. The van der Waals surface area contributed by atoms with E-state index in [0.717, 1.165) is 15.4 Å². The van der Waals surface area contributed by atoms with Gasteiger partial charge in [-0.15, -0.1) is 11.3 Å². The standard InChI is InChI=1S/C12H17N3O2S/c1-5-16-12(3,4)11-14-10(17-15-11)9-7(2)6-8(13)18-9/h6H,5,13H2,1-4H3. The topological polar surface area (TPSA) is 74.2 Å². The van der Waals surface area contributed by atoms with Crippen LogP contribution in [0.2, 0.25) is 0 Å². The largest absolute Gasteiger partial charge is 0.391 e. The van der Waals surface area contributed by atoms with E-state index >= 15 is 0 Å². The van der Waals surface area contributed by atoms with Crippen LogP contribution >= 0.6 is 11.3 Å². The van der Waals surface area contributed by atoms with Crippen LogP contribution in [0.25, 0.3) is 10.8 Å². The van der Waals surface area contributed by atoms with Crippen molar-refractivity contribution in [2.45, 2.75) is 33.3 Å². The number of ether oxygens (including phenoxy) is 1. The van der Waals surface area contributed by atoms with Crippen molar-refractivity contribution in [3.8, 4) is 10.8 Å². The number of nitrogens with zero attached hydrogens (tertiary/aromatic N) is 2. The zero-order valence-electron chi connectivity index (χ0n) is 11.0. The molecule has 2 aromatic heterocycles. The Hall–Kier alpha value is -1.40. The number of aryl methyl sites for hydroxylation is 1. The Bertz CT molecular complexity index is 545. The highest BCUT2D eigenvalue weighted by molar-refractivity contribution is 7.19. The predicted octanol–water partition coefficient (Wildman–Crippen LogP) is 2.96. The fraction of sp³-hybridized carbons (Fsp3) is 0.500. The fourth-order valence-electron chi connectivity index (χ4n) is 1.70. The minimum atomic E-state index is -0.548. The number of rotatable bonds is 4. The average molecular weight is 267 g/mol. The summed E-state index contributed by atoms with van der Waals surface area (Å²) in [4.78, 5) is 5.31. The smallest absolute Gasteiger partial charge is 0.268 e. The minimum absolute atomic E-state index is 0.497. The van der Waals surface area contributed by atoms with Gasteiger partial charge in [0, 0.05) is 6.61 Å². The number of anilines is 1. The number of thiophene rings is 1. The highest BCUT2D eigenvalue weighted by Crippen LogP contribution is 2.34. The van der Waals surface area contributed by atoms with Gasteiger partial charge in [0.05, 0.1) is 9.88 Å². The van der Waals surface area contributed by atoms with Gasteiger partial charge < -0.3 is 15.0 Å². The van der Waals surface area contributed by atoms with E-state index in [-0.39, 0.29) is 0 Å². The summed E-state index contributed by atoms with van der Waals surface area (Å²) in [5.41, 5.74) is 6.26. The van der Waals surface area contributed by atoms with Gasteiger partial charge in [-0.2, -0.15) is 4.98 Å². The lowest BCUT2D eigenvalue weighted by Crippen LogP contribution is -2.23. The van der Waals surface area contributed by atoms with E-state index in [1.807, 2.05) is 33.8 Å². The van der Waals surface area contributed by atoms with E-state index in [1.54, 1.807) is 0 Å². The molecule has 0 saturated carbocycles. The van der Waals surface area contributed by atoms with Crippen LogP contribution in [0.3, 0.4) is 0 Å². The molecular weight excluding hydrogens is 250 g/mol. The molecule has 6 heteroatoms. The van der Waals surface area contributed by atoms with Crippen molar-refractivity contribution in [3.63, 3.8) is 0 Å². The van der Waals surface area contributed by atoms with Gasteiger partial charge in [-0.25, -0.2) is 0 Å². The Morgan fingerprint density at radius 1 is 1.50 bits per heavy atom. The third kappa shape index (κ3) is 2.39. The highest BCUT2D eigenvalue weighted by Gasteiger charge is 2.28. The molecule has 0 amide bonds. The van der Waals surface area contributed by atoms with E-state index in [0.29, 0.717) is 18.3 Å². The van der Waals surface area contributed by atoms with Gasteiger partial charge in [-0.3, -0.25) is 0 Å². The molecule has 0 aliphatic carbocycles. The summed E-state index contributed by atoms with van der Waals surface area (Å²) in [6.45, 7) is 8.34. The zero-order chi connectivity index (χ0) is 13.3. The number of nitrogen functional groups attached to an aromatic ring is 1. The Kier molecular flexibility index (Phi) is 3.41. The second-order valence-electron chi connectivity index (χ2n) is 4.53. The first-order chi connectivity index (χ1) is 8.44. The van der Waals surface area contributed by atoms with Crippen molar-refractivity contribution >= 4 is 16.3 Å². The normalized spacial score (nSPS) is 12.0. The second-order valence-corrected chi connectivity index (χ2v) is 5.61. The molecule has 0 saturated heterocycles. The van der Waals surface area contributed by atoms with Crippen LogP contribution < -0.4 is 5.73 Å². The van der Waals surface area contributed by atoms with Crippen molar-refractivity contribution in [3.05, 3.63) is 17.5 Å². The van der Waals surface area contributed by atoms with E-state index in [2.05, 4.69) is 10.1 Å². The molecule has 2 rings (SSSR count). The summed E-state index contributed by atoms with van der Waals surface area (Å²) >= 11 is 1.45. The summed E-state index contributed by atoms with van der Waals surface area (Å²) in [5.74, 6) is 1.04. The quantitative estimate of drug-likeness (QED) is 0.921. The lowest BCUT2D eigenvalue weighted by molar-refractivity contribution is -0.0221. The lowest BCUT2D eigenvalue weighted by Gasteiger charge is -2.19. The SMILES string of the molecule is CCOC(C)(C)c1noc(-c2sc(N)cc2C)n1. The summed E-state index contributed by atoms with van der Waals surface area (Å²) < 4.78 is 10.9. The van der Waals surface area contributed by atoms with Crippen LogP contribution in [0.4, 0.5) is 5.00 Å². The molecule has 2 heterocycles. The first-order valence-electron chi connectivity index (χ1n) is 5.78. The molecule has 0 aromatic carbocycles. The van der Waals surface area contributed by atoms with Crippen LogP contribution in [-0.4, -0.2) is 16.7 Å². The van der Waals surface area contributed by atoms with Gasteiger partial charge in [0.1, 0.15) is 5.60 Å². The fourth-order valence-corrected chi connectivity index (χ4v) is 2.57. The molecule has 2 N–H and O–H groups in total. The molecule has 0 aliphatic rings. The molecule has 0 spiro atoms. The Morgan fingerprint density at radius 3 is 2.78 bits per heavy atom. The Morgan fingerprint density at radius 2 is 2.22 bits per heavy atom. The van der Waals surface area contributed by atoms with Crippen molar-refractivity contribution in [1.29, 1.82) is 0 Å². The number of aromatic nitrogens is 2. The molecule has 0 unspecified atom stereocenters. The molecule has 18 heavy (non-hydrogen) atoms. The molecule has 0 aliphatic heterocycles. The van der Waals surface area contributed by atoms with E-state index in [4.69, 9.17) is 15.0 Å². The lowest BCUT2D eigenvalue weighted by atomic mass is 10.1. The van der Waals surface area contributed by atoms with Crippen LogP contribution in [0.1, 0.15) is 32.2 Å². The van der Waals surface area contributed by atoms with E-state index in [9.17, 15) is 0 Å². The third-order valence-corrected chi connectivity index (χ3v) is 3.66. The molecule has 0 bridgehead atoms. The molecule has 0 radical (unpaired) electrons. The maximum atomic E-state index is 5.76. The molecule has 98 valence electrons. The molecular formula is C12H17N3O2S. The van der Waals surface area contributed by atoms with Crippen LogP contribution in [-0.2, 0) is 10.3 Å². The number of hydrogen-bond donors (Lipinski definition) is 1. The zero-order valence-corrected chi connectivity index (χ0v) is 11.8. The maximum Gasteiger partial charge on any atom is 0.268 e. The van der Waals surface area contributed by atoms with Gasteiger partial charge in [0.25, 0.3) is 5.89 Å². The first-order valence-corrected chi connectivity index (χ1v) is 6.60. The molecule has 2 aromatic rings. The molecule has 0 atom stereocenters. The van der Waals surface area contributed by atoms with Gasteiger partial charge in [-0.1, -0.05) is 5.16 Å². The summed E-state index contributed by atoms with van der Waals surface area (Å²) in [5, 5.41) is 4.73. The Balaban J connectivity index is 2.34. The Labute approximate surface area is 110 Å². The van der Waals surface area contributed by atoms with Crippen molar-refractivity contribution in [2.75, 3.05) is 12.3 Å². The van der Waals surface area contributed by atoms with Crippen molar-refractivity contribution in [1.82, 2.24) is 10.1 Å². The van der Waals surface area contributed by atoms with E-state index in [1.165, 1.54) is 11.3 Å². The first kappa shape index (κ1) is 13.0. The molecule has 5 nitrogen and oxygen atoms in total. The monoisotopic (exact) mass is 267 g/mol. The van der Waals surface area contributed by atoms with Crippen molar-refractivity contribution < 1.29 is 9.26 Å².